The van der Waals surface area contributed by atoms with E-state index in [9.17, 15) is 80.1 Å². The maximum absolute atomic E-state index is 14.4. The molecule has 12 aromatic carbocycles. The lowest BCUT2D eigenvalue weighted by molar-refractivity contribution is -0.138. The Balaban J connectivity index is 0.000000128. The second-order valence-corrected chi connectivity index (χ2v) is 41.3. The molecule has 1 fully saturated rings. The number of benzene rings is 12. The minimum Gasteiger partial charge on any atom is -0.490 e. The number of hydrogen-bond donors (Lipinski definition) is 8. The number of anilines is 4. The van der Waals surface area contributed by atoms with Crippen molar-refractivity contribution in [1.29, 1.82) is 0 Å². The first-order valence-electron chi connectivity index (χ1n) is 48.8. The minimum absolute atomic E-state index is 0.0157. The molecular formula is C116H105Cl3F3N7O20S. The summed E-state index contributed by atoms with van der Waals surface area (Å²) in [5.74, 6) is -4.45. The van der Waals surface area contributed by atoms with Crippen LogP contribution in [-0.2, 0) is 79.1 Å². The summed E-state index contributed by atoms with van der Waals surface area (Å²) in [4.78, 5) is 109. The van der Waals surface area contributed by atoms with E-state index in [-0.39, 0.29) is 106 Å². The van der Waals surface area contributed by atoms with Crippen LogP contribution in [0.1, 0.15) is 191 Å². The van der Waals surface area contributed by atoms with E-state index in [1.807, 2.05) is 96.5 Å². The zero-order chi connectivity index (χ0) is 106. The Morgan fingerprint density at radius 3 is 1.46 bits per heavy atom. The molecule has 8 N–H and O–H groups in total. The Morgan fingerprint density at radius 2 is 0.947 bits per heavy atom. The molecular weight excluding hydrogens is 2010 g/mol. The SMILES string of the molecule is CC(=O)c1cc(F)cc2c3c(n(Cc4ccc(Cl)cc4)c12)[C@@H](CC(=O)O)CC3.CN1C[C@@H](COc2ccc(C(=O)Nc3cccc(CC(=O)O)c3)cc2)Oc2ccccc21.CS(=O)(=O)c1cc(F)cc2c1c(C(=O)c1ccc(Cl)cc1)c1n2CCC[C@@H]1CC(=O)O.O=C(O)C[C@H]1CCc2c1n(Cc1ccc(Cl)cc1)c1c(C3CC3)cc(F)cc21.O=C(O)Cc1cccc(NC(=O)c2ccc(OCC3CNc4ccccc4O3)cc2)c1. The fourth-order valence-corrected chi connectivity index (χ4v) is 21.7. The molecule has 3 aromatic heterocycles. The molecule has 6 heterocycles. The van der Waals surface area contributed by atoms with Crippen LogP contribution in [0.2, 0.25) is 15.1 Å². The highest BCUT2D eigenvalue weighted by atomic mass is 35.5. The second-order valence-electron chi connectivity index (χ2n) is 38.0. The van der Waals surface area contributed by atoms with E-state index in [2.05, 4.69) is 25.4 Å². The second kappa shape index (κ2) is 46.4. The highest BCUT2D eigenvalue weighted by Gasteiger charge is 2.40. The summed E-state index contributed by atoms with van der Waals surface area (Å²) in [7, 11) is -1.85. The normalized spacial score (nSPS) is 15.9. The number of amides is 2. The largest absolute Gasteiger partial charge is 0.490 e. The van der Waals surface area contributed by atoms with Crippen molar-refractivity contribution in [1.82, 2.24) is 13.7 Å². The van der Waals surface area contributed by atoms with Gasteiger partial charge in [0.15, 0.2) is 21.4 Å². The van der Waals surface area contributed by atoms with Gasteiger partial charge in [0.1, 0.15) is 65.9 Å². The smallest absolute Gasteiger partial charge is 0.307 e. The number of carbonyl (C=O) groups excluding carboxylic acids is 4. The van der Waals surface area contributed by atoms with Crippen molar-refractivity contribution in [2.24, 2.45) is 0 Å². The molecule has 5 atom stereocenters. The lowest BCUT2D eigenvalue weighted by atomic mass is 9.87. The highest BCUT2D eigenvalue weighted by Crippen LogP contribution is 2.51. The number of carboxylic acids is 5. The van der Waals surface area contributed by atoms with Gasteiger partial charge in [-0.15, -0.1) is 0 Å². The van der Waals surface area contributed by atoms with Crippen LogP contribution in [0.25, 0.3) is 32.7 Å². The van der Waals surface area contributed by atoms with Crippen molar-refractivity contribution < 1.29 is 109 Å². The summed E-state index contributed by atoms with van der Waals surface area (Å²) in [5.41, 5.74) is 15.8. The maximum Gasteiger partial charge on any atom is 0.307 e. The first-order valence-corrected chi connectivity index (χ1v) is 51.9. The van der Waals surface area contributed by atoms with Gasteiger partial charge in [0.2, 0.25) is 0 Å². The first kappa shape index (κ1) is 106. The molecule has 0 bridgehead atoms. The van der Waals surface area contributed by atoms with Crippen molar-refractivity contribution in [3.63, 3.8) is 0 Å². The van der Waals surface area contributed by atoms with Gasteiger partial charge >= 0.3 is 29.8 Å². The zero-order valence-electron chi connectivity index (χ0n) is 81.7. The molecule has 21 rings (SSSR count). The fourth-order valence-electron chi connectivity index (χ4n) is 20.4. The van der Waals surface area contributed by atoms with Gasteiger partial charge in [-0.2, -0.15) is 0 Å². The number of likely N-dealkylation sites (N-methyl/N-ethyl adjacent to an activating group) is 1. The van der Waals surface area contributed by atoms with Gasteiger partial charge in [0.05, 0.1) is 83.6 Å². The Morgan fingerprint density at radius 1 is 0.480 bits per heavy atom. The van der Waals surface area contributed by atoms with Gasteiger partial charge in [0.25, 0.3) is 11.8 Å². The Bertz CT molecular complexity index is 7830. The van der Waals surface area contributed by atoms with Gasteiger partial charge in [0, 0.05) is 133 Å². The summed E-state index contributed by atoms with van der Waals surface area (Å²) in [5, 5.41) is 58.4. The molecule has 150 heavy (non-hydrogen) atoms. The van der Waals surface area contributed by atoms with Crippen LogP contribution in [0.4, 0.5) is 35.9 Å². The molecule has 27 nitrogen and oxygen atoms in total. The standard InChI is InChI=1S/C25H24N2O5.C24H22N2O5.C23H21ClFNO2.C22H19ClFNO5S.C22H19ClFNO3/c1-27-15-21(32-23-8-3-2-7-22(23)27)16-31-20-11-9-18(10-12-20)25(30)26-19-6-4-5-17(13-19)14-24(28)29;27-23(28)13-16-4-3-5-18(12-16)26-24(29)17-8-10-19(11-9-17)30-15-20-14-25-21-6-1-2-7-22(21)31-20;24-16-6-1-13(2-7-16)12-26-22-15(9-21(27)28)5-8-18(22)20-11-17(25)10-19(23(20)26)14-3-4-14;1-31(29,30)17-11-15(24)10-16-19(17)20(22(28)12-4-6-14(23)7-5-12)21-13(9-18(26)27)3-2-8-25(16)21;1-12(26)18-9-16(24)10-19-17-7-4-14(8-20(27)28)21(17)25(22(18)19)11-13-2-5-15(23)6-3-13/h2-13,21H,14-16H2,1H3,(H,26,30)(H,28,29);1-12,20,25H,13-15H2,(H,26,29)(H,27,28);1-2,6-7,10-11,14-15H,3-5,8-9,12H2,(H,27,28);4-7,10-11,13H,2-3,8-9H2,1H3,(H,26,27);2-3,5-6,9-10,14H,4,7-8,11H2,1H3,(H,27,28)/t21-;;15-;13-;14-/m0.111/s1. The third-order valence-electron chi connectivity index (χ3n) is 27.1. The van der Waals surface area contributed by atoms with Crippen LogP contribution < -0.4 is 39.8 Å². The van der Waals surface area contributed by atoms with Gasteiger partial charge in [-0.25, -0.2) is 21.6 Å². The quantitative estimate of drug-likeness (QED) is 0.0202. The average molecular weight is 2110 g/mol. The van der Waals surface area contributed by atoms with Crippen molar-refractivity contribution in [2.45, 2.75) is 151 Å². The third-order valence-corrected chi connectivity index (χ3v) is 29.0. The fraction of sp³-hybridized carbons (Fsp3) is 0.250. The van der Waals surface area contributed by atoms with E-state index >= 15 is 0 Å². The van der Waals surface area contributed by atoms with Gasteiger partial charge in [-0.3, -0.25) is 43.2 Å². The Hall–Kier alpha value is -15.7. The van der Waals surface area contributed by atoms with Crippen molar-refractivity contribution in [2.75, 3.05) is 60.5 Å². The zero-order valence-corrected chi connectivity index (χ0v) is 84.8. The van der Waals surface area contributed by atoms with Crippen molar-refractivity contribution in [3.05, 3.63) is 371 Å². The summed E-state index contributed by atoms with van der Waals surface area (Å²) < 4.78 is 97.7. The summed E-state index contributed by atoms with van der Waals surface area (Å²) in [6, 6.07) is 72.4. The van der Waals surface area contributed by atoms with Crippen LogP contribution in [0, 0.1) is 17.5 Å². The number of aromatic nitrogens is 3. The predicted octanol–water partition coefficient (Wildman–Crippen LogP) is 23.1. The monoisotopic (exact) mass is 2110 g/mol. The van der Waals surface area contributed by atoms with E-state index < -0.39 is 63.0 Å². The number of nitrogens with one attached hydrogen (secondary N) is 3. The van der Waals surface area contributed by atoms with E-state index in [4.69, 9.17) is 64.0 Å². The summed E-state index contributed by atoms with van der Waals surface area (Å²) in [6.07, 6.45) is 6.82. The number of aliphatic carboxylic acids is 5. The lowest BCUT2D eigenvalue weighted by Crippen LogP contribution is -2.41. The Labute approximate surface area is 876 Å². The number of ether oxygens (including phenoxy) is 4. The number of para-hydroxylation sites is 4. The average Bonchev–Trinajstić information content (AvgIpc) is 1.65. The number of nitrogens with zero attached hydrogens (tertiary/aromatic N) is 4. The molecule has 0 spiro atoms. The lowest BCUT2D eigenvalue weighted by Gasteiger charge is -2.33. The highest BCUT2D eigenvalue weighted by molar-refractivity contribution is 7.91. The van der Waals surface area contributed by atoms with E-state index in [1.165, 1.54) is 37.3 Å². The number of fused-ring (bicyclic) bond motifs is 11. The number of carbonyl (C=O) groups is 9. The maximum atomic E-state index is 14.4. The molecule has 1 saturated carbocycles. The molecule has 3 aliphatic carbocycles. The number of Topliss-reactive ketones (excluding diaryl/α,β-unsaturated/α-hetero) is 1. The molecule has 3 aliphatic heterocycles. The number of sulfone groups is 1. The molecule has 2 amide bonds. The minimum atomic E-state index is -3.88. The van der Waals surface area contributed by atoms with Crippen LogP contribution in [-0.4, -0.2) is 153 Å². The molecule has 15 aromatic rings. The number of rotatable bonds is 29. The van der Waals surface area contributed by atoms with Crippen molar-refractivity contribution in [3.8, 4) is 23.0 Å². The van der Waals surface area contributed by atoms with E-state index in [0.29, 0.717) is 153 Å². The number of halogens is 6. The van der Waals surface area contributed by atoms with Crippen LogP contribution >= 0.6 is 34.8 Å². The molecule has 34 heteroatoms. The van der Waals surface area contributed by atoms with Gasteiger partial charge in [-0.05, 0) is 285 Å². The molecule has 6 aliphatic rings. The topological polar surface area (TPSA) is 380 Å². The van der Waals surface area contributed by atoms with Gasteiger partial charge < -0.3 is 79.0 Å². The number of hydrogen-bond acceptors (Lipinski definition) is 17. The number of carboxylic acid groups (broad SMARTS) is 5. The summed E-state index contributed by atoms with van der Waals surface area (Å²) in [6.45, 7) is 5.10. The number of ketones is 2. The molecule has 1 unspecified atom stereocenters. The molecule has 0 saturated heterocycles. The van der Waals surface area contributed by atoms with E-state index in [0.717, 1.165) is 118 Å². The number of aryl methyl sites for hydroxylation is 3. The van der Waals surface area contributed by atoms with E-state index in [1.54, 1.807) is 138 Å². The van der Waals surface area contributed by atoms with Crippen LogP contribution in [0.5, 0.6) is 23.0 Å². The van der Waals surface area contributed by atoms with Gasteiger partial charge in [-0.1, -0.05) is 108 Å². The van der Waals surface area contributed by atoms with Crippen molar-refractivity contribution >= 4 is 153 Å². The predicted molar refractivity (Wildman–Crippen MR) is 566 cm³/mol. The van der Waals surface area contributed by atoms with Crippen LogP contribution in [0.3, 0.4) is 0 Å². The third kappa shape index (κ3) is 25.3. The molecule has 0 radical (unpaired) electrons. The Kier molecular flexibility index (Phi) is 32.7. The van der Waals surface area contributed by atoms with Crippen LogP contribution in [0.15, 0.2) is 260 Å². The summed E-state index contributed by atoms with van der Waals surface area (Å²) >= 11 is 18.0. The first-order chi connectivity index (χ1) is 72.0. The molecule has 772 valence electrons.